The molecule has 0 amide bonds. The topological polar surface area (TPSA) is 89.3 Å². The SMILES string of the molecule is Cc1c(Cc2cccnc2S(=O)(=O)c2ccccc2Cl)c2cc(F)ccc2n1CC(=O)O. The smallest absolute Gasteiger partial charge is 0.323 e. The van der Waals surface area contributed by atoms with Gasteiger partial charge < -0.3 is 9.67 Å². The number of carboxylic acids is 1. The van der Waals surface area contributed by atoms with Gasteiger partial charge in [0, 0.05) is 29.2 Å². The molecule has 0 fully saturated rings. The number of benzene rings is 2. The van der Waals surface area contributed by atoms with Gasteiger partial charge in [-0.25, -0.2) is 17.8 Å². The maximum Gasteiger partial charge on any atom is 0.323 e. The Hall–Kier alpha value is -3.23. The summed E-state index contributed by atoms with van der Waals surface area (Å²) in [6, 6.07) is 13.5. The molecule has 164 valence electrons. The first-order chi connectivity index (χ1) is 15.2. The molecule has 0 atom stereocenters. The van der Waals surface area contributed by atoms with E-state index in [4.69, 9.17) is 11.6 Å². The lowest BCUT2D eigenvalue weighted by Crippen LogP contribution is -2.11. The summed E-state index contributed by atoms with van der Waals surface area (Å²) in [5.41, 5.74) is 2.19. The fourth-order valence-corrected chi connectivity index (χ4v) is 5.76. The Morgan fingerprint density at radius 2 is 1.91 bits per heavy atom. The van der Waals surface area contributed by atoms with Crippen LogP contribution in [-0.2, 0) is 27.6 Å². The Morgan fingerprint density at radius 3 is 2.62 bits per heavy atom. The van der Waals surface area contributed by atoms with Gasteiger partial charge in [0.2, 0.25) is 9.84 Å². The molecule has 0 radical (unpaired) electrons. The standard InChI is InChI=1S/C23H18ClFN2O4S/c1-14-17(18-12-16(25)8-9-20(18)27(14)13-22(28)29)11-15-5-4-10-26-23(15)32(30,31)21-7-3-2-6-19(21)24/h2-10,12H,11,13H2,1H3,(H,28,29). The van der Waals surface area contributed by atoms with E-state index in [9.17, 15) is 22.7 Å². The van der Waals surface area contributed by atoms with E-state index in [-0.39, 0.29) is 27.9 Å². The van der Waals surface area contributed by atoms with Crippen molar-refractivity contribution in [2.45, 2.75) is 29.8 Å². The molecule has 9 heteroatoms. The molecule has 0 saturated heterocycles. The number of carbonyl (C=O) groups is 1. The molecule has 0 unspecified atom stereocenters. The molecule has 0 bridgehead atoms. The summed E-state index contributed by atoms with van der Waals surface area (Å²) in [6.07, 6.45) is 1.50. The molecular formula is C23H18ClFN2O4S. The molecule has 0 saturated carbocycles. The highest BCUT2D eigenvalue weighted by atomic mass is 35.5. The second-order valence-electron chi connectivity index (χ2n) is 7.28. The summed E-state index contributed by atoms with van der Waals surface area (Å²) in [7, 11) is -4.02. The van der Waals surface area contributed by atoms with Crippen LogP contribution in [0.15, 0.2) is 70.7 Å². The molecule has 2 aromatic carbocycles. The Labute approximate surface area is 188 Å². The van der Waals surface area contributed by atoms with Crippen LogP contribution < -0.4 is 0 Å². The van der Waals surface area contributed by atoms with Crippen molar-refractivity contribution < 1.29 is 22.7 Å². The molecule has 6 nitrogen and oxygen atoms in total. The first-order valence-electron chi connectivity index (χ1n) is 9.62. The molecule has 1 N–H and O–H groups in total. The van der Waals surface area contributed by atoms with Gasteiger partial charge in [0.15, 0.2) is 5.03 Å². The zero-order chi connectivity index (χ0) is 23.0. The van der Waals surface area contributed by atoms with Crippen molar-refractivity contribution in [2.24, 2.45) is 0 Å². The molecule has 4 rings (SSSR count). The quantitative estimate of drug-likeness (QED) is 0.441. The average molecular weight is 473 g/mol. The van der Waals surface area contributed by atoms with E-state index in [2.05, 4.69) is 4.98 Å². The molecule has 0 aliphatic heterocycles. The minimum absolute atomic E-state index is 0.0577. The number of rotatable bonds is 6. The zero-order valence-corrected chi connectivity index (χ0v) is 18.5. The van der Waals surface area contributed by atoms with Gasteiger partial charge in [0.1, 0.15) is 12.4 Å². The van der Waals surface area contributed by atoms with Crippen LogP contribution in [0.4, 0.5) is 4.39 Å². The van der Waals surface area contributed by atoms with E-state index in [1.807, 2.05) is 0 Å². The van der Waals surface area contributed by atoms with Gasteiger partial charge in [-0.05, 0) is 54.4 Å². The molecule has 4 aromatic rings. The second-order valence-corrected chi connectivity index (χ2v) is 9.52. The average Bonchev–Trinajstić information content (AvgIpc) is 2.99. The Balaban J connectivity index is 1.89. The third-order valence-electron chi connectivity index (χ3n) is 5.31. The minimum atomic E-state index is -4.02. The number of pyridine rings is 1. The highest BCUT2D eigenvalue weighted by Gasteiger charge is 2.26. The Kier molecular flexibility index (Phi) is 5.75. The predicted octanol–water partition coefficient (Wildman–Crippen LogP) is 4.65. The number of carboxylic acid groups (broad SMARTS) is 1. The fourth-order valence-electron chi connectivity index (χ4n) is 3.84. The molecule has 0 aliphatic carbocycles. The maximum absolute atomic E-state index is 14.0. The van der Waals surface area contributed by atoms with Crippen LogP contribution >= 0.6 is 11.6 Å². The van der Waals surface area contributed by atoms with E-state index < -0.39 is 21.6 Å². The molecule has 32 heavy (non-hydrogen) atoms. The highest BCUT2D eigenvalue weighted by molar-refractivity contribution is 7.91. The summed E-state index contributed by atoms with van der Waals surface area (Å²) in [5, 5.41) is 9.77. The van der Waals surface area contributed by atoms with Gasteiger partial charge in [-0.3, -0.25) is 4.79 Å². The molecule has 0 aliphatic rings. The van der Waals surface area contributed by atoms with Crippen LogP contribution in [0.3, 0.4) is 0 Å². The van der Waals surface area contributed by atoms with Crippen LogP contribution in [0.1, 0.15) is 16.8 Å². The molecule has 2 aromatic heterocycles. The maximum atomic E-state index is 14.0. The number of aromatic nitrogens is 2. The lowest BCUT2D eigenvalue weighted by Gasteiger charge is -2.11. The molecule has 0 spiro atoms. The second kappa shape index (κ2) is 8.37. The first-order valence-corrected chi connectivity index (χ1v) is 11.5. The van der Waals surface area contributed by atoms with Crippen molar-refractivity contribution in [1.82, 2.24) is 9.55 Å². The van der Waals surface area contributed by atoms with Crippen LogP contribution in [-0.4, -0.2) is 29.0 Å². The largest absolute Gasteiger partial charge is 0.480 e. The van der Waals surface area contributed by atoms with E-state index >= 15 is 0 Å². The van der Waals surface area contributed by atoms with Gasteiger partial charge >= 0.3 is 5.97 Å². The number of nitrogens with zero attached hydrogens (tertiary/aromatic N) is 2. The normalized spacial score (nSPS) is 11.7. The van der Waals surface area contributed by atoms with Crippen molar-refractivity contribution in [2.75, 3.05) is 0 Å². The van der Waals surface area contributed by atoms with E-state index in [1.165, 1.54) is 36.5 Å². The summed E-state index contributed by atoms with van der Waals surface area (Å²) in [6.45, 7) is 1.43. The van der Waals surface area contributed by atoms with Crippen molar-refractivity contribution in [3.8, 4) is 0 Å². The van der Waals surface area contributed by atoms with Crippen LogP contribution in [0.5, 0.6) is 0 Å². The number of halogens is 2. The van der Waals surface area contributed by atoms with E-state index in [1.54, 1.807) is 35.8 Å². The number of aliphatic carboxylic acids is 1. The minimum Gasteiger partial charge on any atom is -0.480 e. The van der Waals surface area contributed by atoms with Gasteiger partial charge in [-0.2, -0.15) is 0 Å². The first kappa shape index (κ1) is 22.0. The monoisotopic (exact) mass is 472 g/mol. The van der Waals surface area contributed by atoms with Crippen LogP contribution in [0.2, 0.25) is 5.02 Å². The van der Waals surface area contributed by atoms with Gasteiger partial charge in [0.05, 0.1) is 9.92 Å². The summed E-state index contributed by atoms with van der Waals surface area (Å²) in [5.74, 6) is -1.51. The van der Waals surface area contributed by atoms with E-state index in [0.29, 0.717) is 27.7 Å². The molecular weight excluding hydrogens is 455 g/mol. The summed E-state index contributed by atoms with van der Waals surface area (Å²) < 4.78 is 42.3. The third kappa shape index (κ3) is 3.87. The van der Waals surface area contributed by atoms with Gasteiger partial charge in [-0.1, -0.05) is 29.8 Å². The highest BCUT2D eigenvalue weighted by Crippen LogP contribution is 2.32. The van der Waals surface area contributed by atoms with Gasteiger partial charge in [-0.15, -0.1) is 0 Å². The van der Waals surface area contributed by atoms with Crippen LogP contribution in [0.25, 0.3) is 10.9 Å². The fraction of sp³-hybridized carbons (Fsp3) is 0.130. The van der Waals surface area contributed by atoms with Crippen molar-refractivity contribution in [1.29, 1.82) is 0 Å². The zero-order valence-electron chi connectivity index (χ0n) is 16.9. The van der Waals surface area contributed by atoms with Gasteiger partial charge in [0.25, 0.3) is 0 Å². The Bertz CT molecular complexity index is 1460. The predicted molar refractivity (Wildman–Crippen MR) is 118 cm³/mol. The summed E-state index contributed by atoms with van der Waals surface area (Å²) in [4.78, 5) is 15.4. The van der Waals surface area contributed by atoms with Crippen molar-refractivity contribution in [3.63, 3.8) is 0 Å². The summed E-state index contributed by atoms with van der Waals surface area (Å²) >= 11 is 6.14. The van der Waals surface area contributed by atoms with Crippen molar-refractivity contribution >= 4 is 38.3 Å². The molecule has 2 heterocycles. The number of hydrogen-bond acceptors (Lipinski definition) is 4. The number of fused-ring (bicyclic) bond motifs is 1. The van der Waals surface area contributed by atoms with Crippen molar-refractivity contribution in [3.05, 3.63) is 88.5 Å². The Morgan fingerprint density at radius 1 is 1.16 bits per heavy atom. The number of sulfone groups is 1. The lowest BCUT2D eigenvalue weighted by molar-refractivity contribution is -0.137. The van der Waals surface area contributed by atoms with Crippen LogP contribution in [0, 0.1) is 12.7 Å². The number of hydrogen-bond donors (Lipinski definition) is 1. The third-order valence-corrected chi connectivity index (χ3v) is 7.56. The van der Waals surface area contributed by atoms with E-state index in [0.717, 1.165) is 0 Å². The lowest BCUT2D eigenvalue weighted by atomic mass is 10.0.